The van der Waals surface area contributed by atoms with Crippen molar-refractivity contribution in [2.75, 3.05) is 30.9 Å². The first kappa shape index (κ1) is 16.0. The monoisotopic (exact) mass is 302 g/mol. The smallest absolute Gasteiger partial charge is 0.228 e. The third kappa shape index (κ3) is 5.18. The van der Waals surface area contributed by atoms with Crippen LogP contribution >= 0.6 is 0 Å². The quantitative estimate of drug-likeness (QED) is 0.773. The van der Waals surface area contributed by atoms with Gasteiger partial charge in [-0.05, 0) is 42.0 Å². The molecule has 5 heteroatoms. The Kier molecular flexibility index (Phi) is 5.91. The van der Waals surface area contributed by atoms with Crippen LogP contribution < -0.4 is 10.6 Å². The molecule has 22 heavy (non-hydrogen) atoms. The fraction of sp³-hybridized carbons (Fsp3) is 0.235. The molecule has 0 aliphatic carbocycles. The zero-order valence-corrected chi connectivity index (χ0v) is 12.4. The van der Waals surface area contributed by atoms with E-state index in [4.69, 9.17) is 4.74 Å². The molecular formula is C17H19FN2O2. The zero-order valence-electron chi connectivity index (χ0n) is 12.4. The van der Waals surface area contributed by atoms with Gasteiger partial charge in [0.15, 0.2) is 0 Å². The second-order valence-corrected chi connectivity index (χ2v) is 4.85. The number of hydrogen-bond donors (Lipinski definition) is 2. The molecule has 0 atom stereocenters. The molecule has 2 aromatic rings. The summed E-state index contributed by atoms with van der Waals surface area (Å²) in [4.78, 5) is 11.9. The Bertz CT molecular complexity index is 614. The van der Waals surface area contributed by atoms with Gasteiger partial charge in [-0.3, -0.25) is 4.79 Å². The van der Waals surface area contributed by atoms with Crippen LogP contribution in [-0.2, 0) is 16.0 Å². The van der Waals surface area contributed by atoms with E-state index in [2.05, 4.69) is 10.6 Å². The van der Waals surface area contributed by atoms with Crippen molar-refractivity contribution in [2.24, 2.45) is 0 Å². The number of ether oxygens (including phenoxy) is 1. The second-order valence-electron chi connectivity index (χ2n) is 4.85. The largest absolute Gasteiger partial charge is 0.383 e. The summed E-state index contributed by atoms with van der Waals surface area (Å²) in [5, 5.41) is 5.98. The van der Waals surface area contributed by atoms with Gasteiger partial charge in [-0.1, -0.05) is 12.1 Å². The minimum atomic E-state index is -0.336. The molecule has 0 radical (unpaired) electrons. The topological polar surface area (TPSA) is 50.4 Å². The highest BCUT2D eigenvalue weighted by atomic mass is 19.1. The van der Waals surface area contributed by atoms with Gasteiger partial charge in [0.1, 0.15) is 5.82 Å². The Morgan fingerprint density at radius 2 is 1.86 bits per heavy atom. The summed E-state index contributed by atoms with van der Waals surface area (Å²) in [6, 6.07) is 13.4. The normalized spacial score (nSPS) is 10.3. The van der Waals surface area contributed by atoms with Crippen LogP contribution in [0.4, 0.5) is 15.8 Å². The average Bonchev–Trinajstić information content (AvgIpc) is 2.49. The van der Waals surface area contributed by atoms with Crippen LogP contribution in [-0.4, -0.2) is 26.2 Å². The highest BCUT2D eigenvalue weighted by Gasteiger charge is 2.05. The summed E-state index contributed by atoms with van der Waals surface area (Å²) >= 11 is 0. The molecule has 2 N–H and O–H groups in total. The SMILES string of the molecule is COCCNc1ccc(NC(=O)Cc2cccc(F)c2)cc1. The van der Waals surface area contributed by atoms with Crippen LogP contribution in [0.2, 0.25) is 0 Å². The first-order valence-electron chi connectivity index (χ1n) is 7.04. The third-order valence-electron chi connectivity index (χ3n) is 3.06. The van der Waals surface area contributed by atoms with Crippen molar-refractivity contribution in [3.63, 3.8) is 0 Å². The number of halogens is 1. The summed E-state index contributed by atoms with van der Waals surface area (Å²) in [5.41, 5.74) is 2.31. The minimum Gasteiger partial charge on any atom is -0.383 e. The summed E-state index contributed by atoms with van der Waals surface area (Å²) in [6.07, 6.45) is 0.144. The van der Waals surface area contributed by atoms with E-state index < -0.39 is 0 Å². The van der Waals surface area contributed by atoms with Gasteiger partial charge >= 0.3 is 0 Å². The first-order chi connectivity index (χ1) is 10.7. The van der Waals surface area contributed by atoms with Crippen molar-refractivity contribution in [1.82, 2.24) is 0 Å². The lowest BCUT2D eigenvalue weighted by molar-refractivity contribution is -0.115. The summed E-state index contributed by atoms with van der Waals surface area (Å²) in [5.74, 6) is -0.512. The van der Waals surface area contributed by atoms with E-state index >= 15 is 0 Å². The molecule has 0 unspecified atom stereocenters. The molecule has 2 rings (SSSR count). The van der Waals surface area contributed by atoms with E-state index in [1.54, 1.807) is 19.2 Å². The molecule has 0 aliphatic heterocycles. The number of rotatable bonds is 7. The Balaban J connectivity index is 1.86. The van der Waals surface area contributed by atoms with Gasteiger partial charge in [0.25, 0.3) is 0 Å². The van der Waals surface area contributed by atoms with Gasteiger partial charge < -0.3 is 15.4 Å². The van der Waals surface area contributed by atoms with Crippen LogP contribution in [0.1, 0.15) is 5.56 Å². The van der Waals surface area contributed by atoms with Gasteiger partial charge in [0, 0.05) is 25.0 Å². The molecule has 0 saturated carbocycles. The van der Waals surface area contributed by atoms with Crippen LogP contribution in [0.5, 0.6) is 0 Å². The Morgan fingerprint density at radius 1 is 1.14 bits per heavy atom. The lowest BCUT2D eigenvalue weighted by atomic mass is 10.1. The van der Waals surface area contributed by atoms with E-state index in [-0.39, 0.29) is 18.1 Å². The maximum Gasteiger partial charge on any atom is 0.228 e. The van der Waals surface area contributed by atoms with Crippen molar-refractivity contribution in [1.29, 1.82) is 0 Å². The molecule has 0 fully saturated rings. The van der Waals surface area contributed by atoms with Gasteiger partial charge in [0.05, 0.1) is 13.0 Å². The van der Waals surface area contributed by atoms with Gasteiger partial charge in [0.2, 0.25) is 5.91 Å². The highest BCUT2D eigenvalue weighted by molar-refractivity contribution is 5.92. The lowest BCUT2D eigenvalue weighted by Gasteiger charge is -2.08. The summed E-state index contributed by atoms with van der Waals surface area (Å²) in [6.45, 7) is 1.36. The molecular weight excluding hydrogens is 283 g/mol. The van der Waals surface area contributed by atoms with Crippen molar-refractivity contribution in [3.05, 3.63) is 59.9 Å². The third-order valence-corrected chi connectivity index (χ3v) is 3.06. The van der Waals surface area contributed by atoms with Crippen LogP contribution in [0, 0.1) is 5.82 Å². The van der Waals surface area contributed by atoms with Gasteiger partial charge in [-0.25, -0.2) is 4.39 Å². The van der Waals surface area contributed by atoms with E-state index in [0.717, 1.165) is 12.2 Å². The number of benzene rings is 2. The number of methoxy groups -OCH3 is 1. The number of carbonyl (C=O) groups excluding carboxylic acids is 1. The van der Waals surface area contributed by atoms with Crippen LogP contribution in [0.15, 0.2) is 48.5 Å². The predicted molar refractivity (Wildman–Crippen MR) is 85.5 cm³/mol. The highest BCUT2D eigenvalue weighted by Crippen LogP contribution is 2.14. The molecule has 0 aliphatic rings. The molecule has 116 valence electrons. The molecule has 1 amide bonds. The molecule has 0 saturated heterocycles. The summed E-state index contributed by atoms with van der Waals surface area (Å²) in [7, 11) is 1.65. The van der Waals surface area contributed by atoms with Gasteiger partial charge in [-0.15, -0.1) is 0 Å². The lowest BCUT2D eigenvalue weighted by Crippen LogP contribution is -2.14. The molecule has 2 aromatic carbocycles. The Morgan fingerprint density at radius 3 is 2.55 bits per heavy atom. The summed E-state index contributed by atoms with van der Waals surface area (Å²) < 4.78 is 18.0. The van der Waals surface area contributed by atoms with Gasteiger partial charge in [-0.2, -0.15) is 0 Å². The van der Waals surface area contributed by atoms with Crippen LogP contribution in [0.3, 0.4) is 0 Å². The van der Waals surface area contributed by atoms with E-state index in [1.807, 2.05) is 24.3 Å². The van der Waals surface area contributed by atoms with Crippen molar-refractivity contribution >= 4 is 17.3 Å². The Hall–Kier alpha value is -2.40. The number of carbonyl (C=O) groups is 1. The molecule has 0 heterocycles. The van der Waals surface area contributed by atoms with Crippen molar-refractivity contribution in [2.45, 2.75) is 6.42 Å². The van der Waals surface area contributed by atoms with Crippen LogP contribution in [0.25, 0.3) is 0 Å². The number of hydrogen-bond acceptors (Lipinski definition) is 3. The van der Waals surface area contributed by atoms with Crippen molar-refractivity contribution < 1.29 is 13.9 Å². The standard InChI is InChI=1S/C17H19FN2O2/c1-22-10-9-19-15-5-7-16(8-6-15)20-17(21)12-13-3-2-4-14(18)11-13/h2-8,11,19H,9-10,12H2,1H3,(H,20,21). The maximum absolute atomic E-state index is 13.1. The van der Waals surface area contributed by atoms with E-state index in [9.17, 15) is 9.18 Å². The van der Waals surface area contributed by atoms with E-state index in [1.165, 1.54) is 12.1 Å². The maximum atomic E-state index is 13.1. The number of anilines is 2. The average molecular weight is 302 g/mol. The molecule has 4 nitrogen and oxygen atoms in total. The molecule has 0 aromatic heterocycles. The second kappa shape index (κ2) is 8.14. The molecule has 0 bridgehead atoms. The minimum absolute atomic E-state index is 0.144. The Labute approximate surface area is 129 Å². The van der Waals surface area contributed by atoms with Crippen molar-refractivity contribution in [3.8, 4) is 0 Å². The zero-order chi connectivity index (χ0) is 15.8. The first-order valence-corrected chi connectivity index (χ1v) is 7.04. The fourth-order valence-corrected chi connectivity index (χ4v) is 2.01. The fourth-order valence-electron chi connectivity index (χ4n) is 2.01. The number of nitrogens with one attached hydrogen (secondary N) is 2. The molecule has 0 spiro atoms. The van der Waals surface area contributed by atoms with E-state index in [0.29, 0.717) is 17.9 Å². The number of amides is 1. The predicted octanol–water partition coefficient (Wildman–Crippen LogP) is 3.07.